The average Bonchev–Trinajstić information content (AvgIpc) is 2.70. The number of nitrogens with zero attached hydrogens (tertiary/aromatic N) is 1. The van der Waals surface area contributed by atoms with Gasteiger partial charge >= 0.3 is 6.18 Å². The third kappa shape index (κ3) is 5.25. The minimum absolute atomic E-state index is 0.231. The van der Waals surface area contributed by atoms with Crippen molar-refractivity contribution in [2.24, 2.45) is 0 Å². The van der Waals surface area contributed by atoms with Crippen molar-refractivity contribution < 1.29 is 27.1 Å². The lowest BCUT2D eigenvalue weighted by Gasteiger charge is -2.10. The zero-order valence-corrected chi connectivity index (χ0v) is 15.8. The summed E-state index contributed by atoms with van der Waals surface area (Å²) in [5.41, 5.74) is -0.497. The molecule has 0 aliphatic heterocycles. The molecule has 3 aromatic rings. The van der Waals surface area contributed by atoms with E-state index >= 15 is 0 Å². The Balaban J connectivity index is 1.64. The van der Waals surface area contributed by atoms with Crippen molar-refractivity contribution >= 4 is 17.3 Å². The number of nitrogens with one attached hydrogen (secondary N) is 2. The molecule has 3 rings (SSSR count). The molecule has 9 heteroatoms. The molecule has 1 heterocycles. The van der Waals surface area contributed by atoms with Gasteiger partial charge in [0.05, 0.1) is 23.0 Å². The van der Waals surface area contributed by atoms with Crippen molar-refractivity contribution in [1.82, 2.24) is 4.98 Å². The summed E-state index contributed by atoms with van der Waals surface area (Å²) in [7, 11) is 0. The van der Waals surface area contributed by atoms with Crippen molar-refractivity contribution in [3.8, 4) is 11.6 Å². The SMILES string of the molecule is CCNc1ccc(Oc2ccc(NC(=O)c3ccc(C(F)(F)F)cc3F)cn2)cc1. The predicted molar refractivity (Wildman–Crippen MR) is 104 cm³/mol. The number of rotatable bonds is 6. The summed E-state index contributed by atoms with van der Waals surface area (Å²) < 4.78 is 57.3. The molecule has 0 spiro atoms. The number of ether oxygens (including phenoxy) is 1. The van der Waals surface area contributed by atoms with Crippen LogP contribution in [0, 0.1) is 5.82 Å². The molecular weight excluding hydrogens is 402 g/mol. The minimum atomic E-state index is -4.69. The largest absolute Gasteiger partial charge is 0.439 e. The Morgan fingerprint density at radius 2 is 1.73 bits per heavy atom. The normalized spacial score (nSPS) is 11.1. The van der Waals surface area contributed by atoms with Crippen LogP contribution in [-0.2, 0) is 6.18 Å². The Labute approximate surface area is 169 Å². The number of alkyl halides is 3. The second kappa shape index (κ2) is 8.81. The van der Waals surface area contributed by atoms with Crippen molar-refractivity contribution in [2.75, 3.05) is 17.2 Å². The Bertz CT molecular complexity index is 1020. The fraction of sp³-hybridized carbons (Fsp3) is 0.143. The number of halogens is 4. The molecule has 156 valence electrons. The van der Waals surface area contributed by atoms with Crippen LogP contribution in [0.15, 0.2) is 60.8 Å². The minimum Gasteiger partial charge on any atom is -0.439 e. The highest BCUT2D eigenvalue weighted by atomic mass is 19.4. The fourth-order valence-electron chi connectivity index (χ4n) is 2.55. The number of pyridine rings is 1. The summed E-state index contributed by atoms with van der Waals surface area (Å²) in [5.74, 6) is -1.33. The molecule has 30 heavy (non-hydrogen) atoms. The highest BCUT2D eigenvalue weighted by Crippen LogP contribution is 2.30. The molecule has 0 aliphatic carbocycles. The standard InChI is InChI=1S/C21H17F4N3O2/c1-2-26-14-4-7-16(8-5-14)30-19-10-6-15(12-27-19)28-20(29)17-9-3-13(11-18(17)22)21(23,24)25/h3-12,26H,2H2,1H3,(H,28,29). The first kappa shape index (κ1) is 21.1. The van der Waals surface area contributed by atoms with Crippen molar-refractivity contribution in [3.05, 3.63) is 77.7 Å². The van der Waals surface area contributed by atoms with Gasteiger partial charge in [0, 0.05) is 18.3 Å². The van der Waals surface area contributed by atoms with E-state index in [2.05, 4.69) is 15.6 Å². The van der Waals surface area contributed by atoms with Gasteiger partial charge in [-0.3, -0.25) is 4.79 Å². The number of aromatic nitrogens is 1. The van der Waals surface area contributed by atoms with Crippen LogP contribution in [0.4, 0.5) is 28.9 Å². The molecule has 0 fully saturated rings. The van der Waals surface area contributed by atoms with E-state index < -0.39 is 29.0 Å². The first-order chi connectivity index (χ1) is 14.3. The number of benzene rings is 2. The topological polar surface area (TPSA) is 63.2 Å². The van der Waals surface area contributed by atoms with E-state index in [9.17, 15) is 22.4 Å². The molecule has 0 unspecified atom stereocenters. The second-order valence-corrected chi connectivity index (χ2v) is 6.19. The van der Waals surface area contributed by atoms with Gasteiger partial charge in [-0.25, -0.2) is 9.37 Å². The van der Waals surface area contributed by atoms with Crippen molar-refractivity contribution in [3.63, 3.8) is 0 Å². The van der Waals surface area contributed by atoms with Crippen LogP contribution >= 0.6 is 0 Å². The molecule has 0 saturated heterocycles. The summed E-state index contributed by atoms with van der Waals surface area (Å²) in [6, 6.07) is 11.9. The van der Waals surface area contributed by atoms with Crippen LogP contribution in [0.1, 0.15) is 22.8 Å². The Morgan fingerprint density at radius 1 is 1.03 bits per heavy atom. The first-order valence-electron chi connectivity index (χ1n) is 8.92. The maximum atomic E-state index is 13.9. The maximum absolute atomic E-state index is 13.9. The zero-order chi connectivity index (χ0) is 21.7. The quantitative estimate of drug-likeness (QED) is 0.502. The summed E-state index contributed by atoms with van der Waals surface area (Å²) in [6.07, 6.45) is -3.40. The molecule has 2 N–H and O–H groups in total. The number of carbonyl (C=O) groups is 1. The van der Waals surface area contributed by atoms with E-state index in [-0.39, 0.29) is 17.6 Å². The molecule has 0 atom stereocenters. The summed E-state index contributed by atoms with van der Waals surface area (Å²) >= 11 is 0. The maximum Gasteiger partial charge on any atom is 0.416 e. The van der Waals surface area contributed by atoms with Gasteiger partial charge < -0.3 is 15.4 Å². The number of carbonyl (C=O) groups excluding carboxylic acids is 1. The molecular formula is C21H17F4N3O2. The average molecular weight is 419 g/mol. The Morgan fingerprint density at radius 3 is 2.30 bits per heavy atom. The summed E-state index contributed by atoms with van der Waals surface area (Å²) in [6.45, 7) is 2.78. The van der Waals surface area contributed by atoms with Crippen LogP contribution in [-0.4, -0.2) is 17.4 Å². The molecule has 1 aromatic heterocycles. The van der Waals surface area contributed by atoms with Crippen LogP contribution in [0.2, 0.25) is 0 Å². The van der Waals surface area contributed by atoms with Gasteiger partial charge in [0.25, 0.3) is 5.91 Å². The van der Waals surface area contributed by atoms with Crippen LogP contribution in [0.25, 0.3) is 0 Å². The molecule has 2 aromatic carbocycles. The monoisotopic (exact) mass is 419 g/mol. The third-order valence-electron chi connectivity index (χ3n) is 3.99. The van der Waals surface area contributed by atoms with E-state index in [0.29, 0.717) is 11.8 Å². The number of hydrogen-bond acceptors (Lipinski definition) is 4. The zero-order valence-electron chi connectivity index (χ0n) is 15.8. The smallest absolute Gasteiger partial charge is 0.416 e. The highest BCUT2D eigenvalue weighted by molar-refractivity contribution is 6.04. The Hall–Kier alpha value is -3.62. The number of amides is 1. The molecule has 5 nitrogen and oxygen atoms in total. The van der Waals surface area contributed by atoms with Crippen molar-refractivity contribution in [1.29, 1.82) is 0 Å². The summed E-state index contributed by atoms with van der Waals surface area (Å²) in [4.78, 5) is 16.2. The van der Waals surface area contributed by atoms with E-state index in [4.69, 9.17) is 4.74 Å². The molecule has 0 bridgehead atoms. The van der Waals surface area contributed by atoms with Gasteiger partial charge in [0.2, 0.25) is 5.88 Å². The van der Waals surface area contributed by atoms with Gasteiger partial charge in [-0.1, -0.05) is 0 Å². The molecule has 0 aliphatic rings. The predicted octanol–water partition coefficient (Wildman–Crippen LogP) is 5.72. The second-order valence-electron chi connectivity index (χ2n) is 6.19. The third-order valence-corrected chi connectivity index (χ3v) is 3.99. The lowest BCUT2D eigenvalue weighted by atomic mass is 10.1. The van der Waals surface area contributed by atoms with Gasteiger partial charge in [-0.05, 0) is 55.5 Å². The number of anilines is 2. The lowest BCUT2D eigenvalue weighted by molar-refractivity contribution is -0.137. The fourth-order valence-corrected chi connectivity index (χ4v) is 2.55. The summed E-state index contributed by atoms with van der Waals surface area (Å²) in [5, 5.41) is 5.54. The van der Waals surface area contributed by atoms with Gasteiger partial charge in [-0.2, -0.15) is 13.2 Å². The van der Waals surface area contributed by atoms with Crippen LogP contribution in [0.3, 0.4) is 0 Å². The Kier molecular flexibility index (Phi) is 6.20. The van der Waals surface area contributed by atoms with Crippen molar-refractivity contribution in [2.45, 2.75) is 13.1 Å². The highest BCUT2D eigenvalue weighted by Gasteiger charge is 2.31. The van der Waals surface area contributed by atoms with E-state index in [1.54, 1.807) is 12.1 Å². The van der Waals surface area contributed by atoms with E-state index in [0.717, 1.165) is 18.3 Å². The molecule has 0 saturated carbocycles. The lowest BCUT2D eigenvalue weighted by Crippen LogP contribution is -2.15. The van der Waals surface area contributed by atoms with Crippen LogP contribution < -0.4 is 15.4 Å². The number of hydrogen-bond donors (Lipinski definition) is 2. The molecule has 0 radical (unpaired) electrons. The van der Waals surface area contributed by atoms with Gasteiger partial charge in [0.15, 0.2) is 0 Å². The molecule has 1 amide bonds. The van der Waals surface area contributed by atoms with E-state index in [1.165, 1.54) is 18.3 Å². The van der Waals surface area contributed by atoms with E-state index in [1.807, 2.05) is 19.1 Å². The van der Waals surface area contributed by atoms with Gasteiger partial charge in [-0.15, -0.1) is 0 Å². The van der Waals surface area contributed by atoms with Crippen LogP contribution in [0.5, 0.6) is 11.6 Å². The van der Waals surface area contributed by atoms with Gasteiger partial charge in [0.1, 0.15) is 11.6 Å². The first-order valence-corrected chi connectivity index (χ1v) is 8.92.